The lowest BCUT2D eigenvalue weighted by molar-refractivity contribution is 0.181. The van der Waals surface area contributed by atoms with Crippen LogP contribution in [0.1, 0.15) is 33.6 Å². The van der Waals surface area contributed by atoms with Gasteiger partial charge in [-0.3, -0.25) is 0 Å². The normalized spacial score (nSPS) is 14.6. The van der Waals surface area contributed by atoms with E-state index in [4.69, 9.17) is 0 Å². The zero-order chi connectivity index (χ0) is 12.6. The first-order valence-corrected chi connectivity index (χ1v) is 6.75. The smallest absolute Gasteiger partial charge is 0.0931 e. The standard InChI is InChI=1S/C14H24OS/c1-6-9-11-16-14(4,5)13(15)12(8-3)10-7-2/h7-8,10,13,15H,2-3,6,9,11H2,1,4-5H3/b12-10+. The third kappa shape index (κ3) is 5.04. The first kappa shape index (κ1) is 15.5. The molecule has 92 valence electrons. The SMILES string of the molecule is C=C/C=C(\C=C)C(O)C(C)(C)SCCCC. The number of thioether (sulfide) groups is 1. The molecule has 1 atom stereocenters. The minimum atomic E-state index is -0.496. The van der Waals surface area contributed by atoms with Crippen LogP contribution < -0.4 is 0 Å². The Kier molecular flexibility index (Phi) is 7.52. The van der Waals surface area contributed by atoms with Crippen molar-refractivity contribution in [2.24, 2.45) is 0 Å². The zero-order valence-electron chi connectivity index (χ0n) is 10.7. The maximum atomic E-state index is 10.3. The van der Waals surface area contributed by atoms with Crippen LogP contribution in [0.4, 0.5) is 0 Å². The summed E-state index contributed by atoms with van der Waals surface area (Å²) in [6.07, 6.45) is 7.09. The second-order valence-electron chi connectivity index (χ2n) is 4.31. The van der Waals surface area contributed by atoms with Gasteiger partial charge >= 0.3 is 0 Å². The van der Waals surface area contributed by atoms with Crippen LogP contribution in [0.3, 0.4) is 0 Å². The van der Waals surface area contributed by atoms with E-state index in [1.807, 2.05) is 17.8 Å². The summed E-state index contributed by atoms with van der Waals surface area (Å²) in [7, 11) is 0. The molecule has 0 amide bonds. The van der Waals surface area contributed by atoms with Crippen molar-refractivity contribution in [2.45, 2.75) is 44.5 Å². The molecule has 0 aliphatic heterocycles. The van der Waals surface area contributed by atoms with E-state index >= 15 is 0 Å². The highest BCUT2D eigenvalue weighted by atomic mass is 32.2. The molecule has 0 saturated carbocycles. The topological polar surface area (TPSA) is 20.2 Å². The Morgan fingerprint density at radius 1 is 1.44 bits per heavy atom. The molecule has 0 heterocycles. The van der Waals surface area contributed by atoms with Crippen molar-refractivity contribution < 1.29 is 5.11 Å². The number of unbranched alkanes of at least 4 members (excludes halogenated alkanes) is 1. The van der Waals surface area contributed by atoms with E-state index in [0.29, 0.717) is 0 Å². The second-order valence-corrected chi connectivity index (χ2v) is 6.06. The van der Waals surface area contributed by atoms with Gasteiger partial charge in [0.1, 0.15) is 0 Å². The van der Waals surface area contributed by atoms with Crippen molar-refractivity contribution in [1.29, 1.82) is 0 Å². The molecule has 0 aromatic carbocycles. The van der Waals surface area contributed by atoms with Gasteiger partial charge in [-0.05, 0) is 31.6 Å². The van der Waals surface area contributed by atoms with E-state index in [1.165, 1.54) is 12.8 Å². The van der Waals surface area contributed by atoms with Gasteiger partial charge in [0.05, 0.1) is 6.10 Å². The summed E-state index contributed by atoms with van der Waals surface area (Å²) in [5.41, 5.74) is 0.837. The Balaban J connectivity index is 4.53. The fourth-order valence-corrected chi connectivity index (χ4v) is 2.62. The lowest BCUT2D eigenvalue weighted by Gasteiger charge is -2.30. The van der Waals surface area contributed by atoms with Gasteiger partial charge in [-0.1, -0.05) is 44.7 Å². The molecule has 0 aromatic rings. The largest absolute Gasteiger partial charge is 0.387 e. The van der Waals surface area contributed by atoms with E-state index in [0.717, 1.165) is 11.3 Å². The minimum absolute atomic E-state index is 0.182. The van der Waals surface area contributed by atoms with Gasteiger partial charge < -0.3 is 5.11 Å². The van der Waals surface area contributed by atoms with Crippen molar-refractivity contribution >= 4 is 11.8 Å². The highest BCUT2D eigenvalue weighted by Crippen LogP contribution is 2.32. The molecule has 2 heteroatoms. The maximum absolute atomic E-state index is 10.3. The van der Waals surface area contributed by atoms with Crippen LogP contribution in [0.2, 0.25) is 0 Å². The average molecular weight is 240 g/mol. The van der Waals surface area contributed by atoms with Crippen LogP contribution in [0.5, 0.6) is 0 Å². The number of aliphatic hydroxyl groups is 1. The number of aliphatic hydroxyl groups excluding tert-OH is 1. The molecule has 0 fully saturated rings. The minimum Gasteiger partial charge on any atom is -0.387 e. The lowest BCUT2D eigenvalue weighted by atomic mass is 9.98. The highest BCUT2D eigenvalue weighted by Gasteiger charge is 2.29. The molecule has 0 aromatic heterocycles. The van der Waals surface area contributed by atoms with Gasteiger partial charge in [-0.25, -0.2) is 0 Å². The fourth-order valence-electron chi connectivity index (χ4n) is 1.37. The van der Waals surface area contributed by atoms with Crippen LogP contribution in [0.15, 0.2) is 37.0 Å². The van der Waals surface area contributed by atoms with E-state index < -0.39 is 6.10 Å². The van der Waals surface area contributed by atoms with Crippen molar-refractivity contribution in [3.8, 4) is 0 Å². The average Bonchev–Trinajstić information content (AvgIpc) is 2.25. The molecule has 1 unspecified atom stereocenters. The monoisotopic (exact) mass is 240 g/mol. The summed E-state index contributed by atoms with van der Waals surface area (Å²) in [6.45, 7) is 13.7. The van der Waals surface area contributed by atoms with Crippen molar-refractivity contribution in [1.82, 2.24) is 0 Å². The van der Waals surface area contributed by atoms with E-state index in [2.05, 4.69) is 33.9 Å². The van der Waals surface area contributed by atoms with E-state index in [1.54, 1.807) is 12.2 Å². The molecule has 0 bridgehead atoms. The van der Waals surface area contributed by atoms with Crippen LogP contribution in [-0.4, -0.2) is 21.7 Å². The third-order valence-electron chi connectivity index (χ3n) is 2.49. The van der Waals surface area contributed by atoms with Crippen LogP contribution in [0, 0.1) is 0 Å². The predicted molar refractivity (Wildman–Crippen MR) is 75.9 cm³/mol. The van der Waals surface area contributed by atoms with Gasteiger partial charge in [-0.2, -0.15) is 11.8 Å². The molecule has 0 spiro atoms. The molecule has 1 N–H and O–H groups in total. The molecule has 1 nitrogen and oxygen atoms in total. The van der Waals surface area contributed by atoms with Gasteiger partial charge in [0.2, 0.25) is 0 Å². The zero-order valence-corrected chi connectivity index (χ0v) is 11.5. The molecule has 0 rings (SSSR count). The van der Waals surface area contributed by atoms with Crippen LogP contribution in [-0.2, 0) is 0 Å². The highest BCUT2D eigenvalue weighted by molar-refractivity contribution is 8.00. The molecule has 16 heavy (non-hydrogen) atoms. The predicted octanol–water partition coefficient (Wildman–Crippen LogP) is 3.96. The molecule has 0 saturated heterocycles. The number of hydrogen-bond acceptors (Lipinski definition) is 2. The van der Waals surface area contributed by atoms with Gasteiger partial charge in [0.25, 0.3) is 0 Å². The summed E-state index contributed by atoms with van der Waals surface area (Å²) >= 11 is 1.81. The lowest BCUT2D eigenvalue weighted by Crippen LogP contribution is -2.34. The number of hydrogen-bond donors (Lipinski definition) is 1. The first-order valence-electron chi connectivity index (χ1n) is 5.76. The van der Waals surface area contributed by atoms with Crippen LogP contribution >= 0.6 is 11.8 Å². The summed E-state index contributed by atoms with van der Waals surface area (Å²) in [5, 5.41) is 10.3. The van der Waals surface area contributed by atoms with Gasteiger partial charge in [0, 0.05) is 4.75 Å². The molecular formula is C14H24OS. The molecule has 0 radical (unpaired) electrons. The Bertz CT molecular complexity index is 253. The van der Waals surface area contributed by atoms with Crippen molar-refractivity contribution in [3.05, 3.63) is 37.0 Å². The Morgan fingerprint density at radius 3 is 2.50 bits per heavy atom. The Morgan fingerprint density at radius 2 is 2.06 bits per heavy atom. The van der Waals surface area contributed by atoms with Crippen molar-refractivity contribution in [2.75, 3.05) is 5.75 Å². The van der Waals surface area contributed by atoms with Gasteiger partial charge in [-0.15, -0.1) is 0 Å². The second kappa shape index (κ2) is 7.75. The van der Waals surface area contributed by atoms with Crippen LogP contribution in [0.25, 0.3) is 0 Å². The summed E-state index contributed by atoms with van der Waals surface area (Å²) < 4.78 is -0.182. The number of allylic oxidation sites excluding steroid dienone is 2. The van der Waals surface area contributed by atoms with Crippen molar-refractivity contribution in [3.63, 3.8) is 0 Å². The number of rotatable bonds is 8. The maximum Gasteiger partial charge on any atom is 0.0931 e. The fraction of sp³-hybridized carbons (Fsp3) is 0.571. The molecule has 0 aliphatic carbocycles. The van der Waals surface area contributed by atoms with E-state index in [9.17, 15) is 5.11 Å². The van der Waals surface area contributed by atoms with E-state index in [-0.39, 0.29) is 4.75 Å². The molecular weight excluding hydrogens is 216 g/mol. The summed E-state index contributed by atoms with van der Waals surface area (Å²) in [5.74, 6) is 1.08. The third-order valence-corrected chi connectivity index (χ3v) is 3.95. The Hall–Kier alpha value is -0.470. The Labute approximate surface area is 104 Å². The quantitative estimate of drug-likeness (QED) is 0.512. The van der Waals surface area contributed by atoms with Gasteiger partial charge in [0.15, 0.2) is 0 Å². The summed E-state index contributed by atoms with van der Waals surface area (Å²) in [6, 6.07) is 0. The summed E-state index contributed by atoms with van der Waals surface area (Å²) in [4.78, 5) is 0. The molecule has 0 aliphatic rings. The first-order chi connectivity index (χ1) is 7.49.